The summed E-state index contributed by atoms with van der Waals surface area (Å²) in [4.78, 5) is 0.222. The van der Waals surface area contributed by atoms with Crippen LogP contribution in [0.1, 0.15) is 5.56 Å². The summed E-state index contributed by atoms with van der Waals surface area (Å²) < 4.78 is 39.8. The van der Waals surface area contributed by atoms with Gasteiger partial charge in [0.25, 0.3) is 10.0 Å². The molecule has 0 amide bonds. The molecule has 7 heteroatoms. The Morgan fingerprint density at radius 2 is 1.42 bits per heavy atom. The van der Waals surface area contributed by atoms with Crippen molar-refractivity contribution in [3.05, 3.63) is 102 Å². The van der Waals surface area contributed by atoms with Gasteiger partial charge < -0.3 is 9.47 Å². The summed E-state index contributed by atoms with van der Waals surface area (Å²) in [6.07, 6.45) is 1.62. The SMILES string of the molecule is COc1ccc(-c2cc(-c3ccc(Cl)cc3)c(C)c3ccn(S(=O)(=O)c4ccccc4)c23)cc1OC. The quantitative estimate of drug-likeness (QED) is 0.239. The van der Waals surface area contributed by atoms with Crippen LogP contribution in [0.25, 0.3) is 33.2 Å². The molecule has 0 aliphatic rings. The number of benzene rings is 4. The third-order valence-electron chi connectivity index (χ3n) is 6.35. The van der Waals surface area contributed by atoms with Crippen molar-refractivity contribution in [2.75, 3.05) is 14.2 Å². The number of nitrogens with zero attached hydrogens (tertiary/aromatic N) is 1. The summed E-state index contributed by atoms with van der Waals surface area (Å²) in [6.45, 7) is 2.00. The Kier molecular flexibility index (Phi) is 6.24. The Bertz CT molecular complexity index is 1670. The van der Waals surface area contributed by atoms with Gasteiger partial charge in [0.2, 0.25) is 0 Å². The molecule has 0 bridgehead atoms. The second kappa shape index (κ2) is 9.37. The predicted octanol–water partition coefficient (Wildman–Crippen LogP) is 7.19. The maximum absolute atomic E-state index is 13.7. The molecule has 5 nitrogen and oxygen atoms in total. The predicted molar refractivity (Wildman–Crippen MR) is 145 cm³/mol. The molecule has 0 spiro atoms. The molecular formula is C29H24ClNO4S. The molecule has 1 aromatic heterocycles. The molecule has 0 N–H and O–H groups in total. The van der Waals surface area contributed by atoms with Crippen LogP contribution in [0.5, 0.6) is 11.5 Å². The smallest absolute Gasteiger partial charge is 0.268 e. The average Bonchev–Trinajstić information content (AvgIpc) is 3.36. The van der Waals surface area contributed by atoms with Crippen molar-refractivity contribution in [2.24, 2.45) is 0 Å². The first kappa shape index (κ1) is 24.0. The fourth-order valence-electron chi connectivity index (χ4n) is 4.51. The molecule has 1 heterocycles. The zero-order valence-electron chi connectivity index (χ0n) is 20.0. The lowest BCUT2D eigenvalue weighted by molar-refractivity contribution is 0.355. The molecule has 0 radical (unpaired) electrons. The summed E-state index contributed by atoms with van der Waals surface area (Å²) in [7, 11) is -0.679. The third-order valence-corrected chi connectivity index (χ3v) is 8.30. The molecule has 4 aromatic carbocycles. The first-order chi connectivity index (χ1) is 17.3. The maximum Gasteiger partial charge on any atom is 0.268 e. The van der Waals surface area contributed by atoms with Crippen molar-refractivity contribution in [3.8, 4) is 33.8 Å². The van der Waals surface area contributed by atoms with Crippen LogP contribution in [0.15, 0.2) is 96.0 Å². The molecule has 0 fully saturated rings. The van der Waals surface area contributed by atoms with Crippen molar-refractivity contribution in [3.63, 3.8) is 0 Å². The van der Waals surface area contributed by atoms with Crippen LogP contribution in [0.4, 0.5) is 0 Å². The third kappa shape index (κ3) is 4.02. The molecule has 0 saturated heterocycles. The summed E-state index contributed by atoms with van der Waals surface area (Å²) in [6, 6.07) is 25.5. The molecule has 36 heavy (non-hydrogen) atoms. The van der Waals surface area contributed by atoms with Crippen LogP contribution >= 0.6 is 11.6 Å². The van der Waals surface area contributed by atoms with E-state index in [0.717, 1.165) is 33.2 Å². The van der Waals surface area contributed by atoms with Crippen molar-refractivity contribution < 1.29 is 17.9 Å². The molecule has 5 aromatic rings. The van der Waals surface area contributed by atoms with E-state index in [1.54, 1.807) is 50.7 Å². The number of rotatable bonds is 6. The van der Waals surface area contributed by atoms with Crippen molar-refractivity contribution in [1.82, 2.24) is 3.97 Å². The number of hydrogen-bond acceptors (Lipinski definition) is 4. The molecule has 5 rings (SSSR count). The van der Waals surface area contributed by atoms with Gasteiger partial charge in [-0.15, -0.1) is 0 Å². The highest BCUT2D eigenvalue weighted by Gasteiger charge is 2.24. The number of halogens is 1. The number of methoxy groups -OCH3 is 2. The summed E-state index contributed by atoms with van der Waals surface area (Å²) >= 11 is 6.14. The average molecular weight is 518 g/mol. The number of hydrogen-bond donors (Lipinski definition) is 0. The zero-order chi connectivity index (χ0) is 25.4. The van der Waals surface area contributed by atoms with E-state index >= 15 is 0 Å². The van der Waals surface area contributed by atoms with E-state index in [4.69, 9.17) is 21.1 Å². The Labute approximate surface area is 215 Å². The molecule has 0 aliphatic carbocycles. The number of aryl methyl sites for hydroxylation is 1. The van der Waals surface area contributed by atoms with Crippen LogP contribution < -0.4 is 9.47 Å². The van der Waals surface area contributed by atoms with Gasteiger partial charge in [0, 0.05) is 22.2 Å². The van der Waals surface area contributed by atoms with E-state index < -0.39 is 10.0 Å². The molecule has 0 unspecified atom stereocenters. The summed E-state index contributed by atoms with van der Waals surface area (Å²) in [5.41, 5.74) is 5.10. The van der Waals surface area contributed by atoms with Gasteiger partial charge in [-0.05, 0) is 77.7 Å². The second-order valence-corrected chi connectivity index (χ2v) is 10.6. The first-order valence-electron chi connectivity index (χ1n) is 11.3. The van der Waals surface area contributed by atoms with E-state index in [0.29, 0.717) is 22.0 Å². The second-order valence-electron chi connectivity index (χ2n) is 8.37. The minimum atomic E-state index is -3.84. The number of aromatic nitrogens is 1. The van der Waals surface area contributed by atoms with E-state index in [-0.39, 0.29) is 4.90 Å². The lowest BCUT2D eigenvalue weighted by Crippen LogP contribution is -2.12. The van der Waals surface area contributed by atoms with Crippen molar-refractivity contribution in [2.45, 2.75) is 11.8 Å². The molecule has 182 valence electrons. The zero-order valence-corrected chi connectivity index (χ0v) is 21.6. The lowest BCUT2D eigenvalue weighted by Gasteiger charge is -2.17. The normalized spacial score (nSPS) is 11.6. The van der Waals surface area contributed by atoms with Gasteiger partial charge in [-0.3, -0.25) is 0 Å². The fraction of sp³-hybridized carbons (Fsp3) is 0.103. The van der Waals surface area contributed by atoms with Crippen molar-refractivity contribution >= 4 is 32.5 Å². The minimum absolute atomic E-state index is 0.222. The monoisotopic (exact) mass is 517 g/mol. The molecule has 0 atom stereocenters. The Morgan fingerprint density at radius 3 is 2.08 bits per heavy atom. The number of fused-ring (bicyclic) bond motifs is 1. The lowest BCUT2D eigenvalue weighted by atomic mass is 9.92. The highest BCUT2D eigenvalue weighted by atomic mass is 35.5. The standard InChI is InChI=1S/C29H24ClNO4S/c1-19-24-15-16-31(36(32,33)23-7-5-4-6-8-23)29(24)26(18-25(19)20-9-12-22(30)13-10-20)21-11-14-27(34-2)28(17-21)35-3/h4-18H,1-3H3. The van der Waals surface area contributed by atoms with E-state index in [1.807, 2.05) is 61.5 Å². The highest BCUT2D eigenvalue weighted by molar-refractivity contribution is 7.90. The van der Waals surface area contributed by atoms with Gasteiger partial charge in [0.05, 0.1) is 24.6 Å². The van der Waals surface area contributed by atoms with Gasteiger partial charge in [-0.25, -0.2) is 12.4 Å². The minimum Gasteiger partial charge on any atom is -0.493 e. The molecular weight excluding hydrogens is 494 g/mol. The van der Waals surface area contributed by atoms with Crippen molar-refractivity contribution in [1.29, 1.82) is 0 Å². The highest BCUT2D eigenvalue weighted by Crippen LogP contribution is 2.41. The summed E-state index contributed by atoms with van der Waals surface area (Å²) in [5.74, 6) is 1.15. The van der Waals surface area contributed by atoms with E-state index in [2.05, 4.69) is 0 Å². The maximum atomic E-state index is 13.7. The van der Waals surface area contributed by atoms with Gasteiger partial charge in [0.15, 0.2) is 11.5 Å². The van der Waals surface area contributed by atoms with E-state index in [1.165, 1.54) is 3.97 Å². The fourth-order valence-corrected chi connectivity index (χ4v) is 6.02. The topological polar surface area (TPSA) is 57.5 Å². The summed E-state index contributed by atoms with van der Waals surface area (Å²) in [5, 5.41) is 1.49. The Morgan fingerprint density at radius 1 is 0.750 bits per heavy atom. The van der Waals surface area contributed by atoms with Crippen LogP contribution in [0.2, 0.25) is 5.02 Å². The van der Waals surface area contributed by atoms with Gasteiger partial charge in [0.1, 0.15) is 0 Å². The van der Waals surface area contributed by atoms with Crippen LogP contribution in [0.3, 0.4) is 0 Å². The molecule has 0 aliphatic heterocycles. The van der Waals surface area contributed by atoms with Gasteiger partial charge in [-0.2, -0.15) is 0 Å². The number of ether oxygens (including phenoxy) is 2. The van der Waals surface area contributed by atoms with Gasteiger partial charge in [-0.1, -0.05) is 48.0 Å². The van der Waals surface area contributed by atoms with Crippen LogP contribution in [0, 0.1) is 6.92 Å². The van der Waals surface area contributed by atoms with Gasteiger partial charge >= 0.3 is 0 Å². The van der Waals surface area contributed by atoms with Crippen LogP contribution in [-0.4, -0.2) is 26.6 Å². The van der Waals surface area contributed by atoms with Crippen LogP contribution in [-0.2, 0) is 10.0 Å². The first-order valence-corrected chi connectivity index (χ1v) is 13.1. The largest absolute Gasteiger partial charge is 0.493 e. The molecule has 0 saturated carbocycles. The Hall–Kier alpha value is -3.74. The Balaban J connectivity index is 1.86. The van der Waals surface area contributed by atoms with E-state index in [9.17, 15) is 8.42 Å².